The van der Waals surface area contributed by atoms with Crippen LogP contribution in [0.5, 0.6) is 0 Å². The van der Waals surface area contributed by atoms with E-state index in [1.54, 1.807) is 0 Å². The van der Waals surface area contributed by atoms with Crippen LogP contribution in [0.2, 0.25) is 0 Å². The lowest BCUT2D eigenvalue weighted by molar-refractivity contribution is 0.542. The van der Waals surface area contributed by atoms with Crippen molar-refractivity contribution >= 4 is 27.6 Å². The molecule has 2 aromatic carbocycles. The number of rotatable bonds is 0. The number of hydrogen-bond acceptors (Lipinski definition) is 2. The van der Waals surface area contributed by atoms with Crippen molar-refractivity contribution in [3.63, 3.8) is 0 Å². The van der Waals surface area contributed by atoms with Crippen LogP contribution < -0.4 is 0 Å². The van der Waals surface area contributed by atoms with E-state index in [4.69, 9.17) is 9.97 Å². The van der Waals surface area contributed by atoms with Crippen LogP contribution in [0.4, 0.5) is 0 Å². The van der Waals surface area contributed by atoms with Gasteiger partial charge in [-0.15, -0.1) is 0 Å². The summed E-state index contributed by atoms with van der Waals surface area (Å²) >= 11 is 0. The molecule has 0 saturated carbocycles. The van der Waals surface area contributed by atoms with Gasteiger partial charge in [0.2, 0.25) is 0 Å². The standard InChI is InChI=1S/C19H19N3/c1-12-9-10-14-13(11-12)17-20-15-7-5-6-8-16(15)22(17)18(21-14)19(2,3)4/h5-11H,1-4H3. The summed E-state index contributed by atoms with van der Waals surface area (Å²) in [6.45, 7) is 8.70. The van der Waals surface area contributed by atoms with E-state index in [1.807, 2.05) is 6.07 Å². The molecule has 0 bridgehead atoms. The average molecular weight is 289 g/mol. The van der Waals surface area contributed by atoms with Crippen molar-refractivity contribution in [1.82, 2.24) is 14.4 Å². The fourth-order valence-corrected chi connectivity index (χ4v) is 3.01. The number of benzene rings is 2. The van der Waals surface area contributed by atoms with Gasteiger partial charge in [0, 0.05) is 10.8 Å². The van der Waals surface area contributed by atoms with Crippen molar-refractivity contribution < 1.29 is 0 Å². The topological polar surface area (TPSA) is 30.2 Å². The van der Waals surface area contributed by atoms with Crippen molar-refractivity contribution in [2.24, 2.45) is 0 Å². The summed E-state index contributed by atoms with van der Waals surface area (Å²) in [6.07, 6.45) is 0. The first-order chi connectivity index (χ1) is 10.4. The first-order valence-corrected chi connectivity index (χ1v) is 7.63. The quantitative estimate of drug-likeness (QED) is 0.472. The van der Waals surface area contributed by atoms with Gasteiger partial charge in [0.25, 0.3) is 0 Å². The fourth-order valence-electron chi connectivity index (χ4n) is 3.01. The molecule has 3 nitrogen and oxygen atoms in total. The minimum atomic E-state index is -0.0548. The van der Waals surface area contributed by atoms with Gasteiger partial charge in [0.05, 0.1) is 16.6 Å². The van der Waals surface area contributed by atoms with Gasteiger partial charge in [-0.25, -0.2) is 9.97 Å². The molecule has 0 aliphatic carbocycles. The summed E-state index contributed by atoms with van der Waals surface area (Å²) in [5.41, 5.74) is 5.33. The number of aromatic nitrogens is 3. The molecule has 2 heterocycles. The summed E-state index contributed by atoms with van der Waals surface area (Å²) in [5.74, 6) is 1.05. The highest BCUT2D eigenvalue weighted by Crippen LogP contribution is 2.30. The second-order valence-electron chi connectivity index (χ2n) is 6.97. The Balaban J connectivity index is 2.32. The Kier molecular flexibility index (Phi) is 2.59. The first kappa shape index (κ1) is 13.3. The summed E-state index contributed by atoms with van der Waals surface area (Å²) in [5, 5.41) is 1.12. The van der Waals surface area contributed by atoms with Gasteiger partial charge in [-0.05, 0) is 31.2 Å². The zero-order valence-corrected chi connectivity index (χ0v) is 13.4. The number of aryl methyl sites for hydroxylation is 1. The van der Waals surface area contributed by atoms with E-state index in [1.165, 1.54) is 5.56 Å². The molecule has 0 unspecified atom stereocenters. The number of fused-ring (bicyclic) bond motifs is 5. The first-order valence-electron chi connectivity index (χ1n) is 7.63. The second-order valence-corrected chi connectivity index (χ2v) is 6.97. The fraction of sp³-hybridized carbons (Fsp3) is 0.263. The van der Waals surface area contributed by atoms with Crippen molar-refractivity contribution in [3.05, 3.63) is 53.9 Å². The van der Waals surface area contributed by atoms with E-state index in [-0.39, 0.29) is 5.41 Å². The molecule has 0 radical (unpaired) electrons. The monoisotopic (exact) mass is 289 g/mol. The summed E-state index contributed by atoms with van der Waals surface area (Å²) < 4.78 is 2.22. The molecule has 0 spiro atoms. The molecular formula is C19H19N3. The highest BCUT2D eigenvalue weighted by atomic mass is 15.1. The number of hydrogen-bond donors (Lipinski definition) is 0. The van der Waals surface area contributed by atoms with Crippen molar-refractivity contribution in [3.8, 4) is 0 Å². The maximum absolute atomic E-state index is 4.96. The molecule has 0 amide bonds. The van der Waals surface area contributed by atoms with Gasteiger partial charge >= 0.3 is 0 Å². The Bertz CT molecular complexity index is 1020. The van der Waals surface area contributed by atoms with Crippen LogP contribution in [-0.2, 0) is 5.41 Å². The number of para-hydroxylation sites is 2. The molecule has 2 aromatic heterocycles. The number of nitrogens with zero attached hydrogens (tertiary/aromatic N) is 3. The average Bonchev–Trinajstić information content (AvgIpc) is 2.85. The SMILES string of the molecule is Cc1ccc2nc(C(C)(C)C)n3c4ccccc4nc3c2c1. The zero-order valence-electron chi connectivity index (χ0n) is 13.4. The molecule has 0 saturated heterocycles. The largest absolute Gasteiger partial charge is 0.279 e. The van der Waals surface area contributed by atoms with Crippen LogP contribution in [0.3, 0.4) is 0 Å². The third kappa shape index (κ3) is 1.82. The van der Waals surface area contributed by atoms with E-state index in [0.29, 0.717) is 0 Å². The Morgan fingerprint density at radius 3 is 2.45 bits per heavy atom. The minimum absolute atomic E-state index is 0.0548. The van der Waals surface area contributed by atoms with E-state index in [9.17, 15) is 0 Å². The lowest BCUT2D eigenvalue weighted by Gasteiger charge is -2.20. The molecule has 3 heteroatoms. The van der Waals surface area contributed by atoms with Gasteiger partial charge in [-0.2, -0.15) is 0 Å². The Morgan fingerprint density at radius 1 is 0.909 bits per heavy atom. The predicted molar refractivity (Wildman–Crippen MR) is 91.4 cm³/mol. The molecule has 110 valence electrons. The van der Waals surface area contributed by atoms with Crippen LogP contribution in [-0.4, -0.2) is 14.4 Å². The normalized spacial score (nSPS) is 12.5. The van der Waals surface area contributed by atoms with Crippen LogP contribution in [0.1, 0.15) is 32.2 Å². The lowest BCUT2D eigenvalue weighted by atomic mass is 9.95. The summed E-state index contributed by atoms with van der Waals surface area (Å²) in [7, 11) is 0. The van der Waals surface area contributed by atoms with Crippen LogP contribution >= 0.6 is 0 Å². The smallest absolute Gasteiger partial charge is 0.148 e. The van der Waals surface area contributed by atoms with Gasteiger partial charge in [0.1, 0.15) is 11.5 Å². The number of imidazole rings is 1. The molecule has 0 fully saturated rings. The van der Waals surface area contributed by atoms with Gasteiger partial charge in [-0.1, -0.05) is 44.5 Å². The molecule has 0 aliphatic heterocycles. The maximum atomic E-state index is 4.96. The predicted octanol–water partition coefficient (Wildman–Crippen LogP) is 4.64. The van der Waals surface area contributed by atoms with Gasteiger partial charge < -0.3 is 0 Å². The maximum Gasteiger partial charge on any atom is 0.148 e. The van der Waals surface area contributed by atoms with Crippen LogP contribution in [0, 0.1) is 6.92 Å². The molecule has 0 atom stereocenters. The molecule has 4 rings (SSSR count). The van der Waals surface area contributed by atoms with Crippen LogP contribution in [0.15, 0.2) is 42.5 Å². The highest BCUT2D eigenvalue weighted by Gasteiger charge is 2.23. The molecule has 4 aromatic rings. The van der Waals surface area contributed by atoms with Crippen molar-refractivity contribution in [2.45, 2.75) is 33.1 Å². The van der Waals surface area contributed by atoms with E-state index in [2.05, 4.69) is 68.5 Å². The van der Waals surface area contributed by atoms with Crippen LogP contribution in [0.25, 0.3) is 27.6 Å². The Morgan fingerprint density at radius 2 is 1.68 bits per heavy atom. The van der Waals surface area contributed by atoms with Crippen molar-refractivity contribution in [2.75, 3.05) is 0 Å². The van der Waals surface area contributed by atoms with Gasteiger partial charge in [0.15, 0.2) is 0 Å². The van der Waals surface area contributed by atoms with E-state index < -0.39 is 0 Å². The third-order valence-electron chi connectivity index (χ3n) is 4.06. The van der Waals surface area contributed by atoms with E-state index in [0.717, 1.165) is 33.4 Å². The lowest BCUT2D eigenvalue weighted by Crippen LogP contribution is -2.19. The molecule has 0 N–H and O–H groups in total. The van der Waals surface area contributed by atoms with Crippen molar-refractivity contribution in [1.29, 1.82) is 0 Å². The Labute approximate surface area is 129 Å². The highest BCUT2D eigenvalue weighted by molar-refractivity contribution is 5.96. The molecule has 0 aliphatic rings. The summed E-state index contributed by atoms with van der Waals surface area (Å²) in [6, 6.07) is 14.7. The van der Waals surface area contributed by atoms with Gasteiger partial charge in [-0.3, -0.25) is 4.40 Å². The molecular weight excluding hydrogens is 270 g/mol. The second kappa shape index (κ2) is 4.29. The van der Waals surface area contributed by atoms with E-state index >= 15 is 0 Å². The minimum Gasteiger partial charge on any atom is -0.279 e. The zero-order chi connectivity index (χ0) is 15.5. The summed E-state index contributed by atoms with van der Waals surface area (Å²) in [4.78, 5) is 9.84. The third-order valence-corrected chi connectivity index (χ3v) is 4.06. The Hall–Kier alpha value is -2.42. The molecule has 22 heavy (non-hydrogen) atoms.